The van der Waals surface area contributed by atoms with Crippen LogP contribution in [0.1, 0.15) is 11.1 Å². The van der Waals surface area contributed by atoms with Gasteiger partial charge in [-0.25, -0.2) is 12.7 Å². The molecule has 1 aromatic carbocycles. The number of hydrogen-bond acceptors (Lipinski definition) is 2. The van der Waals surface area contributed by atoms with Crippen molar-refractivity contribution < 1.29 is 8.42 Å². The van der Waals surface area contributed by atoms with Gasteiger partial charge in [0.1, 0.15) is 0 Å². The third-order valence-corrected chi connectivity index (χ3v) is 4.78. The zero-order chi connectivity index (χ0) is 12.3. The Balaban J connectivity index is 3.21. The fraction of sp³-hybridized carbons (Fsp3) is 0.455. The lowest BCUT2D eigenvalue weighted by Crippen LogP contribution is -2.29. The first-order valence-electron chi connectivity index (χ1n) is 4.99. The van der Waals surface area contributed by atoms with Gasteiger partial charge in [-0.1, -0.05) is 28.1 Å². The van der Waals surface area contributed by atoms with Crippen molar-refractivity contribution in [3.8, 4) is 0 Å². The van der Waals surface area contributed by atoms with Crippen LogP contribution in [0.5, 0.6) is 0 Å². The van der Waals surface area contributed by atoms with E-state index in [1.54, 1.807) is 13.1 Å². The van der Waals surface area contributed by atoms with Crippen LogP contribution in [0, 0.1) is 13.8 Å². The van der Waals surface area contributed by atoms with Gasteiger partial charge in [0.25, 0.3) is 0 Å². The number of aryl methyl sites for hydroxylation is 2. The van der Waals surface area contributed by atoms with E-state index in [9.17, 15) is 8.42 Å². The molecule has 0 heterocycles. The number of nitrogens with zero attached hydrogens (tertiary/aromatic N) is 1. The highest BCUT2D eigenvalue weighted by atomic mass is 79.9. The van der Waals surface area contributed by atoms with Gasteiger partial charge in [-0.2, -0.15) is 0 Å². The molecule has 1 rings (SSSR count). The summed E-state index contributed by atoms with van der Waals surface area (Å²) in [7, 11) is -1.76. The molecule has 0 bridgehead atoms. The summed E-state index contributed by atoms with van der Waals surface area (Å²) < 4.78 is 25.8. The van der Waals surface area contributed by atoms with Gasteiger partial charge in [-0.05, 0) is 31.0 Å². The first-order valence-corrected chi connectivity index (χ1v) is 7.55. The molecule has 90 valence electrons. The van der Waals surface area contributed by atoms with Crippen molar-refractivity contribution in [2.75, 3.05) is 18.9 Å². The Kier molecular flexibility index (Phi) is 4.52. The van der Waals surface area contributed by atoms with Crippen LogP contribution in [-0.4, -0.2) is 31.6 Å². The molecular formula is C11H16BrNO2S. The van der Waals surface area contributed by atoms with Crippen LogP contribution in [-0.2, 0) is 10.0 Å². The average Bonchev–Trinajstić information content (AvgIpc) is 2.22. The summed E-state index contributed by atoms with van der Waals surface area (Å²) in [5.74, 6) is 0. The molecule has 16 heavy (non-hydrogen) atoms. The smallest absolute Gasteiger partial charge is 0.207 e. The number of hydrogen-bond donors (Lipinski definition) is 0. The highest BCUT2D eigenvalue weighted by Gasteiger charge is 2.21. The predicted octanol–water partition coefficient (Wildman–Crippen LogP) is 2.32. The number of rotatable bonds is 4. The second-order valence-electron chi connectivity index (χ2n) is 3.78. The normalized spacial score (nSPS) is 12.1. The lowest BCUT2D eigenvalue weighted by atomic mass is 10.2. The number of halogens is 1. The standard InChI is InChI=1S/C11H16BrNO2S/c1-9-4-5-10(2)11(8-9)16(14,15)13(3)7-6-12/h4-5,8H,6-7H2,1-3H3. The summed E-state index contributed by atoms with van der Waals surface area (Å²) >= 11 is 3.24. The Morgan fingerprint density at radius 3 is 2.50 bits per heavy atom. The first-order chi connectivity index (χ1) is 7.39. The Hall–Kier alpha value is -0.390. The second kappa shape index (κ2) is 5.29. The molecule has 0 fully saturated rings. The Bertz CT molecular complexity index is 471. The van der Waals surface area contributed by atoms with Crippen molar-refractivity contribution in [1.82, 2.24) is 4.31 Å². The summed E-state index contributed by atoms with van der Waals surface area (Å²) in [6.07, 6.45) is 0. The molecule has 0 aliphatic heterocycles. The van der Waals surface area contributed by atoms with E-state index in [1.165, 1.54) is 4.31 Å². The third-order valence-electron chi connectivity index (χ3n) is 2.43. The topological polar surface area (TPSA) is 37.4 Å². The average molecular weight is 306 g/mol. The van der Waals surface area contributed by atoms with E-state index >= 15 is 0 Å². The van der Waals surface area contributed by atoms with Crippen molar-refractivity contribution in [3.05, 3.63) is 29.3 Å². The van der Waals surface area contributed by atoms with Gasteiger partial charge in [0, 0.05) is 18.9 Å². The van der Waals surface area contributed by atoms with Gasteiger partial charge in [0.05, 0.1) is 4.90 Å². The van der Waals surface area contributed by atoms with Crippen molar-refractivity contribution in [1.29, 1.82) is 0 Å². The van der Waals surface area contributed by atoms with Crippen LogP contribution in [0.15, 0.2) is 23.1 Å². The van der Waals surface area contributed by atoms with E-state index < -0.39 is 10.0 Å². The van der Waals surface area contributed by atoms with Gasteiger partial charge >= 0.3 is 0 Å². The lowest BCUT2D eigenvalue weighted by Gasteiger charge is -2.17. The molecule has 0 saturated carbocycles. The van der Waals surface area contributed by atoms with Gasteiger partial charge in [-0.15, -0.1) is 0 Å². The molecule has 3 nitrogen and oxygen atoms in total. The van der Waals surface area contributed by atoms with Crippen LogP contribution in [0.25, 0.3) is 0 Å². The summed E-state index contributed by atoms with van der Waals surface area (Å²) in [5, 5.41) is 0.633. The summed E-state index contributed by atoms with van der Waals surface area (Å²) in [6, 6.07) is 5.47. The summed E-state index contributed by atoms with van der Waals surface area (Å²) in [5.41, 5.74) is 1.74. The monoisotopic (exact) mass is 305 g/mol. The molecule has 1 aromatic rings. The third kappa shape index (κ3) is 2.84. The van der Waals surface area contributed by atoms with Crippen molar-refractivity contribution in [3.63, 3.8) is 0 Å². The molecule has 0 spiro atoms. The highest BCUT2D eigenvalue weighted by Crippen LogP contribution is 2.20. The molecule has 0 aromatic heterocycles. The minimum atomic E-state index is -3.35. The fourth-order valence-electron chi connectivity index (χ4n) is 1.39. The minimum absolute atomic E-state index is 0.399. The van der Waals surface area contributed by atoms with Crippen molar-refractivity contribution in [2.45, 2.75) is 18.7 Å². The molecule has 0 atom stereocenters. The molecule has 0 saturated heterocycles. The maximum Gasteiger partial charge on any atom is 0.243 e. The van der Waals surface area contributed by atoms with Crippen LogP contribution in [0.3, 0.4) is 0 Å². The second-order valence-corrected chi connectivity index (χ2v) is 6.59. The molecule has 0 unspecified atom stereocenters. The molecule has 0 radical (unpaired) electrons. The molecule has 0 aliphatic carbocycles. The minimum Gasteiger partial charge on any atom is -0.207 e. The summed E-state index contributed by atoms with van der Waals surface area (Å²) in [4.78, 5) is 0.399. The molecular weight excluding hydrogens is 290 g/mol. The van der Waals surface area contributed by atoms with E-state index in [4.69, 9.17) is 0 Å². The van der Waals surface area contributed by atoms with Crippen LogP contribution in [0.2, 0.25) is 0 Å². The predicted molar refractivity (Wildman–Crippen MR) is 69.5 cm³/mol. The van der Waals surface area contributed by atoms with E-state index in [0.29, 0.717) is 16.8 Å². The fourth-order valence-corrected chi connectivity index (χ4v) is 3.64. The molecule has 0 aliphatic rings. The largest absolute Gasteiger partial charge is 0.243 e. The van der Waals surface area contributed by atoms with E-state index in [2.05, 4.69) is 15.9 Å². The van der Waals surface area contributed by atoms with Crippen LogP contribution >= 0.6 is 15.9 Å². The zero-order valence-corrected chi connectivity index (χ0v) is 12.1. The van der Waals surface area contributed by atoms with Crippen molar-refractivity contribution >= 4 is 26.0 Å². The Morgan fingerprint density at radius 2 is 1.94 bits per heavy atom. The number of benzene rings is 1. The van der Waals surface area contributed by atoms with Crippen LogP contribution in [0.4, 0.5) is 0 Å². The summed E-state index contributed by atoms with van der Waals surface area (Å²) in [6.45, 7) is 4.17. The number of sulfonamides is 1. The van der Waals surface area contributed by atoms with E-state index in [0.717, 1.165) is 11.1 Å². The Morgan fingerprint density at radius 1 is 1.31 bits per heavy atom. The van der Waals surface area contributed by atoms with Crippen molar-refractivity contribution in [2.24, 2.45) is 0 Å². The quantitative estimate of drug-likeness (QED) is 0.801. The van der Waals surface area contributed by atoms with Gasteiger partial charge in [0.2, 0.25) is 10.0 Å². The molecule has 0 N–H and O–H groups in total. The maximum absolute atomic E-state index is 12.2. The molecule has 0 amide bonds. The molecule has 5 heteroatoms. The first kappa shape index (κ1) is 13.7. The van der Waals surface area contributed by atoms with Gasteiger partial charge in [-0.3, -0.25) is 0 Å². The maximum atomic E-state index is 12.2. The van der Waals surface area contributed by atoms with E-state index in [-0.39, 0.29) is 0 Å². The Labute approximate surface area is 106 Å². The SMILES string of the molecule is Cc1ccc(C)c(S(=O)(=O)N(C)CCBr)c1. The van der Waals surface area contributed by atoms with E-state index in [1.807, 2.05) is 26.0 Å². The van der Waals surface area contributed by atoms with Gasteiger partial charge < -0.3 is 0 Å². The number of alkyl halides is 1. The highest BCUT2D eigenvalue weighted by molar-refractivity contribution is 9.09. The van der Waals surface area contributed by atoms with Crippen LogP contribution < -0.4 is 0 Å². The zero-order valence-electron chi connectivity index (χ0n) is 9.70. The lowest BCUT2D eigenvalue weighted by molar-refractivity contribution is 0.488. The van der Waals surface area contributed by atoms with Gasteiger partial charge in [0.15, 0.2) is 0 Å².